The molecule has 5 nitrogen and oxygen atoms in total. The van der Waals surface area contributed by atoms with Gasteiger partial charge in [0.1, 0.15) is 11.4 Å². The van der Waals surface area contributed by atoms with Crippen LogP contribution in [0.1, 0.15) is 22.5 Å². The SMILES string of the molecule is COc1ccc(NC(=O)c2ccc(NCCCc3ccccc3)cn2)cc1. The van der Waals surface area contributed by atoms with E-state index in [0.717, 1.165) is 30.8 Å². The summed E-state index contributed by atoms with van der Waals surface area (Å²) in [5.74, 6) is 0.504. The van der Waals surface area contributed by atoms with E-state index in [0.29, 0.717) is 11.4 Å². The second kappa shape index (κ2) is 9.38. The number of rotatable bonds is 8. The lowest BCUT2D eigenvalue weighted by molar-refractivity contribution is 0.102. The van der Waals surface area contributed by atoms with E-state index in [-0.39, 0.29) is 5.91 Å². The number of aromatic nitrogens is 1. The van der Waals surface area contributed by atoms with Gasteiger partial charge in [-0.2, -0.15) is 0 Å². The molecule has 0 aliphatic rings. The number of methoxy groups -OCH3 is 1. The topological polar surface area (TPSA) is 63.2 Å². The Morgan fingerprint density at radius 2 is 1.70 bits per heavy atom. The first kappa shape index (κ1) is 18.5. The monoisotopic (exact) mass is 361 g/mol. The predicted octanol–water partition coefficient (Wildman–Crippen LogP) is 4.39. The van der Waals surface area contributed by atoms with Gasteiger partial charge in [-0.1, -0.05) is 30.3 Å². The van der Waals surface area contributed by atoms with Gasteiger partial charge < -0.3 is 15.4 Å². The van der Waals surface area contributed by atoms with Gasteiger partial charge >= 0.3 is 0 Å². The Morgan fingerprint density at radius 1 is 0.963 bits per heavy atom. The summed E-state index contributed by atoms with van der Waals surface area (Å²) in [6, 6.07) is 21.2. The van der Waals surface area contributed by atoms with E-state index >= 15 is 0 Å². The van der Waals surface area contributed by atoms with E-state index < -0.39 is 0 Å². The van der Waals surface area contributed by atoms with Crippen LogP contribution in [0.15, 0.2) is 72.9 Å². The van der Waals surface area contributed by atoms with Gasteiger partial charge in [0, 0.05) is 12.2 Å². The zero-order valence-corrected chi connectivity index (χ0v) is 15.3. The Hall–Kier alpha value is -3.34. The van der Waals surface area contributed by atoms with Crippen molar-refractivity contribution in [1.29, 1.82) is 0 Å². The van der Waals surface area contributed by atoms with Crippen LogP contribution >= 0.6 is 0 Å². The molecule has 0 saturated carbocycles. The van der Waals surface area contributed by atoms with Gasteiger partial charge in [0.2, 0.25) is 0 Å². The van der Waals surface area contributed by atoms with Gasteiger partial charge in [0.15, 0.2) is 0 Å². The quantitative estimate of drug-likeness (QED) is 0.584. The van der Waals surface area contributed by atoms with E-state index in [1.807, 2.05) is 12.1 Å². The lowest BCUT2D eigenvalue weighted by atomic mass is 10.1. The molecule has 0 atom stereocenters. The fraction of sp³-hybridized carbons (Fsp3) is 0.182. The molecule has 1 amide bonds. The molecule has 0 aliphatic carbocycles. The summed E-state index contributed by atoms with van der Waals surface area (Å²) in [6.45, 7) is 0.855. The fourth-order valence-electron chi connectivity index (χ4n) is 2.67. The number of benzene rings is 2. The van der Waals surface area contributed by atoms with Crippen LogP contribution in [0.2, 0.25) is 0 Å². The second-order valence-electron chi connectivity index (χ2n) is 6.13. The van der Waals surface area contributed by atoms with Crippen molar-refractivity contribution in [3.8, 4) is 5.75 Å². The number of carbonyl (C=O) groups is 1. The third-order valence-electron chi connectivity index (χ3n) is 4.16. The Balaban J connectivity index is 1.46. The summed E-state index contributed by atoms with van der Waals surface area (Å²) in [5.41, 5.74) is 3.32. The number of anilines is 2. The highest BCUT2D eigenvalue weighted by Crippen LogP contribution is 2.16. The molecule has 0 radical (unpaired) electrons. The lowest BCUT2D eigenvalue weighted by Gasteiger charge is -2.08. The largest absolute Gasteiger partial charge is 0.497 e. The standard InChI is InChI=1S/C22H23N3O2/c1-27-20-12-9-18(10-13-20)25-22(26)21-14-11-19(16-24-21)23-15-5-8-17-6-3-2-4-7-17/h2-4,6-7,9-14,16,23H,5,8,15H2,1H3,(H,25,26). The van der Waals surface area contributed by atoms with E-state index in [1.165, 1.54) is 5.56 Å². The molecule has 0 saturated heterocycles. The maximum Gasteiger partial charge on any atom is 0.274 e. The van der Waals surface area contributed by atoms with Crippen LogP contribution in [-0.4, -0.2) is 24.5 Å². The number of hydrogen-bond acceptors (Lipinski definition) is 4. The summed E-state index contributed by atoms with van der Waals surface area (Å²) in [6.07, 6.45) is 3.75. The highest BCUT2D eigenvalue weighted by atomic mass is 16.5. The van der Waals surface area contributed by atoms with Crippen LogP contribution in [0.3, 0.4) is 0 Å². The van der Waals surface area contributed by atoms with Crippen molar-refractivity contribution in [2.75, 3.05) is 24.3 Å². The van der Waals surface area contributed by atoms with Crippen LogP contribution in [0.25, 0.3) is 0 Å². The summed E-state index contributed by atoms with van der Waals surface area (Å²) in [5, 5.41) is 6.16. The van der Waals surface area contributed by atoms with E-state index in [9.17, 15) is 4.79 Å². The average Bonchev–Trinajstić information content (AvgIpc) is 2.73. The molecular formula is C22H23N3O2. The number of pyridine rings is 1. The minimum atomic E-state index is -0.240. The van der Waals surface area contributed by atoms with E-state index in [1.54, 1.807) is 43.6 Å². The van der Waals surface area contributed by atoms with Crippen molar-refractivity contribution in [3.05, 3.63) is 84.2 Å². The maximum atomic E-state index is 12.3. The molecule has 3 aromatic rings. The fourth-order valence-corrected chi connectivity index (χ4v) is 2.67. The Bertz CT molecular complexity index is 847. The second-order valence-corrected chi connectivity index (χ2v) is 6.13. The van der Waals surface area contributed by atoms with Crippen molar-refractivity contribution >= 4 is 17.3 Å². The first-order valence-corrected chi connectivity index (χ1v) is 8.94. The maximum absolute atomic E-state index is 12.3. The molecule has 2 N–H and O–H groups in total. The number of hydrogen-bond donors (Lipinski definition) is 2. The minimum absolute atomic E-state index is 0.240. The molecule has 138 valence electrons. The van der Waals surface area contributed by atoms with Crippen LogP contribution in [-0.2, 0) is 6.42 Å². The molecule has 0 fully saturated rings. The molecular weight excluding hydrogens is 338 g/mol. The van der Waals surface area contributed by atoms with Gasteiger partial charge in [-0.25, -0.2) is 4.98 Å². The van der Waals surface area contributed by atoms with Gasteiger partial charge in [0.25, 0.3) is 5.91 Å². The van der Waals surface area contributed by atoms with Crippen molar-refractivity contribution in [2.45, 2.75) is 12.8 Å². The van der Waals surface area contributed by atoms with Crippen LogP contribution in [0, 0.1) is 0 Å². The van der Waals surface area contributed by atoms with Crippen molar-refractivity contribution in [2.24, 2.45) is 0 Å². The van der Waals surface area contributed by atoms with Crippen LogP contribution < -0.4 is 15.4 Å². The summed E-state index contributed by atoms with van der Waals surface area (Å²) in [7, 11) is 1.61. The summed E-state index contributed by atoms with van der Waals surface area (Å²) >= 11 is 0. The zero-order chi connectivity index (χ0) is 18.9. The molecule has 0 unspecified atom stereocenters. The molecule has 0 bridgehead atoms. The number of ether oxygens (including phenoxy) is 1. The van der Waals surface area contributed by atoms with Gasteiger partial charge in [-0.05, 0) is 54.8 Å². The van der Waals surface area contributed by atoms with Gasteiger partial charge in [-0.15, -0.1) is 0 Å². The Labute approximate surface area is 159 Å². The van der Waals surface area contributed by atoms with Gasteiger partial charge in [0.05, 0.1) is 19.0 Å². The van der Waals surface area contributed by atoms with E-state index in [2.05, 4.69) is 39.9 Å². The molecule has 1 heterocycles. The highest BCUT2D eigenvalue weighted by molar-refractivity contribution is 6.02. The Morgan fingerprint density at radius 3 is 2.37 bits per heavy atom. The normalized spacial score (nSPS) is 10.3. The van der Waals surface area contributed by atoms with Crippen molar-refractivity contribution in [1.82, 2.24) is 4.98 Å². The van der Waals surface area contributed by atoms with Gasteiger partial charge in [-0.3, -0.25) is 4.79 Å². The molecule has 1 aromatic heterocycles. The highest BCUT2D eigenvalue weighted by Gasteiger charge is 2.07. The molecule has 5 heteroatoms. The van der Waals surface area contributed by atoms with Crippen molar-refractivity contribution in [3.63, 3.8) is 0 Å². The first-order chi connectivity index (χ1) is 13.2. The molecule has 2 aromatic carbocycles. The molecule has 0 spiro atoms. The number of aryl methyl sites for hydroxylation is 1. The van der Waals surface area contributed by atoms with Crippen LogP contribution in [0.4, 0.5) is 11.4 Å². The third-order valence-corrected chi connectivity index (χ3v) is 4.16. The predicted molar refractivity (Wildman–Crippen MR) is 108 cm³/mol. The summed E-state index contributed by atoms with van der Waals surface area (Å²) < 4.78 is 5.11. The summed E-state index contributed by atoms with van der Waals surface area (Å²) in [4.78, 5) is 16.5. The molecule has 0 aliphatic heterocycles. The van der Waals surface area contributed by atoms with Crippen molar-refractivity contribution < 1.29 is 9.53 Å². The number of nitrogens with one attached hydrogen (secondary N) is 2. The lowest BCUT2D eigenvalue weighted by Crippen LogP contribution is -2.13. The minimum Gasteiger partial charge on any atom is -0.497 e. The molecule has 3 rings (SSSR count). The molecule has 27 heavy (non-hydrogen) atoms. The van der Waals surface area contributed by atoms with E-state index in [4.69, 9.17) is 4.74 Å². The first-order valence-electron chi connectivity index (χ1n) is 8.94. The number of carbonyl (C=O) groups excluding carboxylic acids is 1. The smallest absolute Gasteiger partial charge is 0.274 e. The van der Waals surface area contributed by atoms with Crippen LogP contribution in [0.5, 0.6) is 5.75 Å². The number of nitrogens with zero attached hydrogens (tertiary/aromatic N) is 1. The zero-order valence-electron chi connectivity index (χ0n) is 15.3. The third kappa shape index (κ3) is 5.57. The number of amides is 1. The Kier molecular flexibility index (Phi) is 6.41. The average molecular weight is 361 g/mol.